The number of nitrogens with zero attached hydrogens (tertiary/aromatic N) is 1. The van der Waals surface area contributed by atoms with Gasteiger partial charge in [-0.25, -0.2) is 4.79 Å². The van der Waals surface area contributed by atoms with Crippen LogP contribution in [0, 0.1) is 0 Å². The molecule has 6 unspecified atom stereocenters. The molecule has 3 amide bonds. The number of likely N-dealkylation sites (tertiary alicyclic amines) is 1. The molecule has 1 aliphatic heterocycles. The molecule has 12 nitrogen and oxygen atoms in total. The van der Waals surface area contributed by atoms with Crippen LogP contribution in [0.5, 0.6) is 0 Å². The van der Waals surface area contributed by atoms with Gasteiger partial charge in [-0.3, -0.25) is 14.4 Å². The second-order valence-corrected chi connectivity index (χ2v) is 6.77. The number of carboxylic acid groups (broad SMARTS) is 1. The van der Waals surface area contributed by atoms with E-state index in [2.05, 4.69) is 10.6 Å². The van der Waals surface area contributed by atoms with Gasteiger partial charge in [-0.15, -0.1) is 0 Å². The summed E-state index contributed by atoms with van der Waals surface area (Å²) in [6.07, 6.45) is -1.96. The monoisotopic (exact) mass is 404 g/mol. The predicted octanol–water partition coefficient (Wildman–Crippen LogP) is -3.89. The molecule has 1 heterocycles. The molecule has 0 aromatic carbocycles. The van der Waals surface area contributed by atoms with Gasteiger partial charge in [-0.2, -0.15) is 0 Å². The van der Waals surface area contributed by atoms with Gasteiger partial charge in [0.25, 0.3) is 0 Å². The van der Waals surface area contributed by atoms with Crippen LogP contribution in [0.1, 0.15) is 26.7 Å². The van der Waals surface area contributed by atoms with Crippen LogP contribution in [-0.4, -0.2) is 98.5 Å². The van der Waals surface area contributed by atoms with E-state index in [0.717, 1.165) is 4.90 Å². The van der Waals surface area contributed by atoms with Gasteiger partial charge in [0, 0.05) is 6.54 Å². The minimum absolute atomic E-state index is 0.161. The van der Waals surface area contributed by atoms with Crippen molar-refractivity contribution < 1.29 is 39.6 Å². The van der Waals surface area contributed by atoms with Gasteiger partial charge in [0.05, 0.1) is 18.8 Å². The zero-order chi connectivity index (χ0) is 21.6. The van der Waals surface area contributed by atoms with Crippen LogP contribution >= 0.6 is 0 Å². The number of amides is 3. The third-order valence-electron chi connectivity index (χ3n) is 4.46. The molecule has 1 aliphatic rings. The number of aliphatic carboxylic acids is 1. The van der Waals surface area contributed by atoms with E-state index in [1.165, 1.54) is 13.8 Å². The number of carbonyl (C=O) groups excluding carboxylic acids is 3. The molecule has 0 aliphatic carbocycles. The lowest BCUT2D eigenvalue weighted by Crippen LogP contribution is -2.60. The Labute approximate surface area is 161 Å². The van der Waals surface area contributed by atoms with Gasteiger partial charge in [-0.05, 0) is 26.7 Å². The zero-order valence-electron chi connectivity index (χ0n) is 15.7. The standard InChI is InChI=1S/C16H28N4O8/c1-7(22)11(18-13(24)9(17)6-21)15(26)20-5-3-4-10(20)14(25)19-12(8(2)23)16(27)28/h7-12,21-23H,3-6,17H2,1-2H3,(H,18,24)(H,19,25)(H,27,28). The Balaban J connectivity index is 2.93. The second-order valence-electron chi connectivity index (χ2n) is 6.77. The molecule has 0 bridgehead atoms. The van der Waals surface area contributed by atoms with Crippen molar-refractivity contribution in [2.45, 2.75) is 63.1 Å². The first-order chi connectivity index (χ1) is 13.0. The summed E-state index contributed by atoms with van der Waals surface area (Å²) in [5, 5.41) is 41.8. The highest BCUT2D eigenvalue weighted by Gasteiger charge is 2.40. The van der Waals surface area contributed by atoms with E-state index in [0.29, 0.717) is 6.42 Å². The van der Waals surface area contributed by atoms with Crippen molar-refractivity contribution in [2.24, 2.45) is 5.73 Å². The highest BCUT2D eigenvalue weighted by atomic mass is 16.4. The molecular formula is C16H28N4O8. The van der Waals surface area contributed by atoms with Crippen molar-refractivity contribution in [2.75, 3.05) is 13.2 Å². The molecule has 0 saturated carbocycles. The highest BCUT2D eigenvalue weighted by molar-refractivity contribution is 5.94. The van der Waals surface area contributed by atoms with Gasteiger partial charge < -0.3 is 41.7 Å². The SMILES string of the molecule is CC(O)C(NC(=O)C1CCCN1C(=O)C(NC(=O)C(N)CO)C(C)O)C(=O)O. The van der Waals surface area contributed by atoms with Crippen LogP contribution in [-0.2, 0) is 19.2 Å². The first-order valence-corrected chi connectivity index (χ1v) is 8.87. The molecule has 160 valence electrons. The van der Waals surface area contributed by atoms with E-state index in [1.54, 1.807) is 0 Å². The first kappa shape index (κ1) is 23.8. The number of hydrogen-bond donors (Lipinski definition) is 7. The molecular weight excluding hydrogens is 376 g/mol. The third kappa shape index (κ3) is 5.86. The Morgan fingerprint density at radius 3 is 2.14 bits per heavy atom. The summed E-state index contributed by atoms with van der Waals surface area (Å²) < 4.78 is 0. The zero-order valence-corrected chi connectivity index (χ0v) is 15.7. The van der Waals surface area contributed by atoms with Crippen molar-refractivity contribution in [3.63, 3.8) is 0 Å². The number of carboxylic acids is 1. The number of nitrogens with one attached hydrogen (secondary N) is 2. The fraction of sp³-hybridized carbons (Fsp3) is 0.750. The summed E-state index contributed by atoms with van der Waals surface area (Å²) in [4.78, 5) is 49.4. The summed E-state index contributed by atoms with van der Waals surface area (Å²) >= 11 is 0. The van der Waals surface area contributed by atoms with Crippen LogP contribution in [0.3, 0.4) is 0 Å². The van der Waals surface area contributed by atoms with Crippen molar-refractivity contribution in [3.8, 4) is 0 Å². The third-order valence-corrected chi connectivity index (χ3v) is 4.46. The summed E-state index contributed by atoms with van der Waals surface area (Å²) in [5.41, 5.74) is 5.39. The second kappa shape index (κ2) is 10.3. The molecule has 6 atom stereocenters. The quantitative estimate of drug-likeness (QED) is 0.200. The van der Waals surface area contributed by atoms with Gasteiger partial charge in [0.15, 0.2) is 6.04 Å². The van der Waals surface area contributed by atoms with E-state index in [4.69, 9.17) is 15.9 Å². The Bertz CT molecular complexity index is 597. The smallest absolute Gasteiger partial charge is 0.328 e. The molecule has 0 aromatic heterocycles. The van der Waals surface area contributed by atoms with E-state index in [1.807, 2.05) is 0 Å². The Morgan fingerprint density at radius 2 is 1.68 bits per heavy atom. The molecule has 12 heteroatoms. The summed E-state index contributed by atoms with van der Waals surface area (Å²) in [7, 11) is 0. The van der Waals surface area contributed by atoms with E-state index >= 15 is 0 Å². The van der Waals surface area contributed by atoms with Crippen molar-refractivity contribution >= 4 is 23.7 Å². The molecule has 1 saturated heterocycles. The van der Waals surface area contributed by atoms with Crippen LogP contribution in [0.2, 0.25) is 0 Å². The number of nitrogens with two attached hydrogens (primary N) is 1. The minimum Gasteiger partial charge on any atom is -0.480 e. The summed E-state index contributed by atoms with van der Waals surface area (Å²) in [6, 6.07) is -5.24. The van der Waals surface area contributed by atoms with Gasteiger partial charge in [0.2, 0.25) is 17.7 Å². The average molecular weight is 404 g/mol. The lowest BCUT2D eigenvalue weighted by Gasteiger charge is -2.31. The fourth-order valence-electron chi connectivity index (χ4n) is 2.85. The van der Waals surface area contributed by atoms with Gasteiger partial charge in [-0.1, -0.05) is 0 Å². The van der Waals surface area contributed by atoms with Crippen molar-refractivity contribution in [1.29, 1.82) is 0 Å². The van der Waals surface area contributed by atoms with E-state index in [-0.39, 0.29) is 13.0 Å². The maximum atomic E-state index is 12.8. The van der Waals surface area contributed by atoms with Gasteiger partial charge >= 0.3 is 5.97 Å². The number of aliphatic hydroxyl groups is 3. The molecule has 0 spiro atoms. The fourth-order valence-corrected chi connectivity index (χ4v) is 2.85. The average Bonchev–Trinajstić information content (AvgIpc) is 3.11. The summed E-state index contributed by atoms with van der Waals surface area (Å²) in [6.45, 7) is 1.98. The maximum Gasteiger partial charge on any atom is 0.328 e. The maximum absolute atomic E-state index is 12.8. The van der Waals surface area contributed by atoms with Crippen LogP contribution in [0.4, 0.5) is 0 Å². The molecule has 8 N–H and O–H groups in total. The first-order valence-electron chi connectivity index (χ1n) is 8.87. The van der Waals surface area contributed by atoms with Crippen molar-refractivity contribution in [3.05, 3.63) is 0 Å². The largest absolute Gasteiger partial charge is 0.480 e. The van der Waals surface area contributed by atoms with Crippen LogP contribution in [0.25, 0.3) is 0 Å². The topological polar surface area (TPSA) is 203 Å². The van der Waals surface area contributed by atoms with E-state index < -0.39 is 66.7 Å². The Kier molecular flexibility index (Phi) is 8.75. The summed E-state index contributed by atoms with van der Waals surface area (Å²) in [5.74, 6) is -3.77. The molecule has 0 aromatic rings. The highest BCUT2D eigenvalue weighted by Crippen LogP contribution is 2.20. The Morgan fingerprint density at radius 1 is 1.11 bits per heavy atom. The number of carbonyl (C=O) groups is 4. The minimum atomic E-state index is -1.54. The molecule has 0 radical (unpaired) electrons. The normalized spacial score (nSPS) is 21.9. The number of hydrogen-bond acceptors (Lipinski definition) is 8. The lowest BCUT2D eigenvalue weighted by atomic mass is 10.1. The number of rotatable bonds is 9. The molecule has 28 heavy (non-hydrogen) atoms. The van der Waals surface area contributed by atoms with Crippen LogP contribution < -0.4 is 16.4 Å². The van der Waals surface area contributed by atoms with Gasteiger partial charge in [0.1, 0.15) is 18.1 Å². The lowest BCUT2D eigenvalue weighted by molar-refractivity contribution is -0.147. The Hall–Kier alpha value is -2.28. The predicted molar refractivity (Wildman–Crippen MR) is 94.7 cm³/mol. The molecule has 1 fully saturated rings. The van der Waals surface area contributed by atoms with Crippen LogP contribution in [0.15, 0.2) is 0 Å². The number of aliphatic hydroxyl groups excluding tert-OH is 3. The van der Waals surface area contributed by atoms with E-state index in [9.17, 15) is 29.4 Å². The molecule has 1 rings (SSSR count). The van der Waals surface area contributed by atoms with Crippen molar-refractivity contribution in [1.82, 2.24) is 15.5 Å².